The zero-order chi connectivity index (χ0) is 29.5. The van der Waals surface area contributed by atoms with Crippen molar-refractivity contribution < 1.29 is 33.6 Å². The van der Waals surface area contributed by atoms with Crippen molar-refractivity contribution in [2.75, 3.05) is 47.0 Å². The maximum atomic E-state index is 13.0. The average Bonchev–Trinajstić information content (AvgIpc) is 3.29. The Bertz CT molecular complexity index is 1010. The number of carbonyl (C=O) groups is 1. The van der Waals surface area contributed by atoms with Gasteiger partial charge in [-0.1, -0.05) is 45.9 Å². The second-order valence-electron chi connectivity index (χ2n) is 15.1. The average molecular weight is 575 g/mol. The van der Waals surface area contributed by atoms with E-state index in [1.807, 2.05) is 0 Å². The van der Waals surface area contributed by atoms with Crippen molar-refractivity contribution in [2.45, 2.75) is 103 Å². The zero-order valence-corrected chi connectivity index (χ0v) is 26.5. The van der Waals surface area contributed by atoms with Crippen LogP contribution < -0.4 is 0 Å². The number of allylic oxidation sites excluding steroid dienone is 2. The van der Waals surface area contributed by atoms with E-state index in [0.717, 1.165) is 39.0 Å². The Morgan fingerprint density at radius 2 is 1.78 bits per heavy atom. The van der Waals surface area contributed by atoms with E-state index in [1.165, 1.54) is 38.5 Å². The number of esters is 1. The van der Waals surface area contributed by atoms with Crippen LogP contribution in [0, 0.1) is 34.5 Å². The summed E-state index contributed by atoms with van der Waals surface area (Å²) >= 11 is 0. The van der Waals surface area contributed by atoms with E-state index in [2.05, 4.69) is 59.0 Å². The van der Waals surface area contributed by atoms with Crippen LogP contribution >= 0.6 is 0 Å². The lowest BCUT2D eigenvalue weighted by Crippen LogP contribution is -2.73. The van der Waals surface area contributed by atoms with Crippen molar-refractivity contribution in [2.24, 2.45) is 34.5 Å². The van der Waals surface area contributed by atoms with E-state index in [9.17, 15) is 4.79 Å². The second kappa shape index (κ2) is 11.7. The smallest absolute Gasteiger partial charge is 0.362 e. The molecule has 8 atom stereocenters. The van der Waals surface area contributed by atoms with Crippen LogP contribution in [0.4, 0.5) is 0 Å². The van der Waals surface area contributed by atoms with Gasteiger partial charge in [0, 0.05) is 30.8 Å². The molecule has 0 amide bonds. The number of quaternary nitrogens is 1. The van der Waals surface area contributed by atoms with Gasteiger partial charge in [-0.15, -0.1) is 0 Å². The molecule has 0 aromatic heterocycles. The first-order valence-electron chi connectivity index (χ1n) is 16.3. The predicted molar refractivity (Wildman–Crippen MR) is 159 cm³/mol. The molecule has 0 aromatic rings. The van der Waals surface area contributed by atoms with Crippen LogP contribution in [-0.2, 0) is 24.0 Å². The van der Waals surface area contributed by atoms with E-state index in [-0.39, 0.29) is 28.5 Å². The molecule has 1 N–H and O–H groups in total. The van der Waals surface area contributed by atoms with Gasteiger partial charge < -0.3 is 19.1 Å². The lowest BCUT2D eigenvalue weighted by molar-refractivity contribution is -0.910. The third kappa shape index (κ3) is 5.26. The maximum absolute atomic E-state index is 13.0. The molecule has 4 aliphatic carbocycles. The van der Waals surface area contributed by atoms with Gasteiger partial charge in [-0.05, 0) is 74.7 Å². The topological polar surface area (TPSA) is 74.2 Å². The normalized spacial score (nSPS) is 44.1. The fourth-order valence-electron chi connectivity index (χ4n) is 9.78. The van der Waals surface area contributed by atoms with Gasteiger partial charge in [0.15, 0.2) is 6.54 Å². The largest absolute Gasteiger partial charge is 0.458 e. The molecule has 3 aliphatic heterocycles. The molecule has 232 valence electrons. The summed E-state index contributed by atoms with van der Waals surface area (Å²) in [5.74, 6) is 2.28. The van der Waals surface area contributed by atoms with Crippen LogP contribution in [0.25, 0.3) is 0 Å². The second-order valence-corrected chi connectivity index (χ2v) is 15.1. The minimum atomic E-state index is -0.509. The minimum absolute atomic E-state index is 0.00222. The summed E-state index contributed by atoms with van der Waals surface area (Å²) in [7, 11) is 3.13. The molecule has 41 heavy (non-hydrogen) atoms. The van der Waals surface area contributed by atoms with E-state index >= 15 is 0 Å². The molecule has 6 unspecified atom stereocenters. The summed E-state index contributed by atoms with van der Waals surface area (Å²) in [4.78, 5) is 26.1. The SMILES string of the molecule is CC(C)C/C=C/CC1CCC2C1(C)CCC1C3(C)CCC(OC(=O)C[N+]4(C)CCOCC4)C[C@]34C=C[C@]21OO4.CO. The van der Waals surface area contributed by atoms with Crippen molar-refractivity contribution in [1.82, 2.24) is 0 Å². The monoisotopic (exact) mass is 574 g/mol. The van der Waals surface area contributed by atoms with Crippen molar-refractivity contribution in [3.05, 3.63) is 24.3 Å². The third-order valence-corrected chi connectivity index (χ3v) is 12.3. The van der Waals surface area contributed by atoms with Crippen molar-refractivity contribution >= 4 is 5.97 Å². The Morgan fingerprint density at radius 3 is 2.46 bits per heavy atom. The molecule has 2 bridgehead atoms. The van der Waals surface area contributed by atoms with Gasteiger partial charge in [0.05, 0.1) is 20.3 Å². The summed E-state index contributed by atoms with van der Waals surface area (Å²) in [6.07, 6.45) is 19.4. The van der Waals surface area contributed by atoms with Crippen molar-refractivity contribution in [3.8, 4) is 0 Å². The van der Waals surface area contributed by atoms with E-state index < -0.39 is 5.60 Å². The number of morpholine rings is 1. The Hall–Kier alpha value is -1.25. The summed E-state index contributed by atoms with van der Waals surface area (Å²) in [6, 6.07) is 0. The molecule has 7 nitrogen and oxygen atoms in total. The van der Waals surface area contributed by atoms with Crippen LogP contribution in [0.15, 0.2) is 24.3 Å². The molecular formula is C34H56NO6+. The van der Waals surface area contributed by atoms with Gasteiger partial charge in [0.25, 0.3) is 0 Å². The lowest BCUT2D eigenvalue weighted by atomic mass is 9.43. The molecule has 3 heterocycles. The summed E-state index contributed by atoms with van der Waals surface area (Å²) < 4.78 is 12.3. The van der Waals surface area contributed by atoms with E-state index in [0.29, 0.717) is 48.4 Å². The predicted octanol–water partition coefficient (Wildman–Crippen LogP) is 5.62. The van der Waals surface area contributed by atoms with Crippen LogP contribution in [-0.4, -0.2) is 79.9 Å². The Kier molecular flexibility index (Phi) is 8.89. The number of rotatable bonds is 7. The molecule has 7 aliphatic rings. The van der Waals surface area contributed by atoms with Crippen LogP contribution in [0.1, 0.15) is 85.5 Å². The summed E-state index contributed by atoms with van der Waals surface area (Å²) in [5, 5.41) is 7.00. The molecule has 3 saturated carbocycles. The number of fused-ring (bicyclic) bond motifs is 2. The first-order chi connectivity index (χ1) is 19.5. The molecular weight excluding hydrogens is 518 g/mol. The molecule has 7 heteroatoms. The first-order valence-corrected chi connectivity index (χ1v) is 16.3. The van der Waals surface area contributed by atoms with Crippen LogP contribution in [0.5, 0.6) is 0 Å². The first kappa shape index (κ1) is 31.2. The van der Waals surface area contributed by atoms with Gasteiger partial charge in [0.1, 0.15) is 30.4 Å². The molecule has 2 spiro atoms. The van der Waals surface area contributed by atoms with E-state index in [4.69, 9.17) is 24.4 Å². The van der Waals surface area contributed by atoms with Gasteiger partial charge >= 0.3 is 5.97 Å². The highest BCUT2D eigenvalue weighted by Gasteiger charge is 2.74. The number of carbonyl (C=O) groups excluding carboxylic acids is 1. The molecule has 5 fully saturated rings. The van der Waals surface area contributed by atoms with Crippen molar-refractivity contribution in [3.63, 3.8) is 0 Å². The Labute approximate surface area is 248 Å². The number of aliphatic hydroxyl groups is 1. The number of aliphatic hydroxyl groups excluding tert-OH is 1. The van der Waals surface area contributed by atoms with Gasteiger partial charge in [-0.3, -0.25) is 0 Å². The number of likely N-dealkylation sites (N-methyl/N-ethyl adjacent to an activating group) is 1. The molecule has 0 aromatic carbocycles. The number of hydrogen-bond acceptors (Lipinski definition) is 6. The number of ether oxygens (including phenoxy) is 2. The highest BCUT2D eigenvalue weighted by Crippen LogP contribution is 2.72. The summed E-state index contributed by atoms with van der Waals surface area (Å²) in [6.45, 7) is 13.1. The van der Waals surface area contributed by atoms with E-state index in [1.54, 1.807) is 0 Å². The highest BCUT2D eigenvalue weighted by molar-refractivity contribution is 5.70. The fraction of sp³-hybridized carbons (Fsp3) is 0.853. The quantitative estimate of drug-likeness (QED) is 0.184. The van der Waals surface area contributed by atoms with Crippen molar-refractivity contribution in [1.29, 1.82) is 0 Å². The molecule has 7 rings (SSSR count). The Balaban J connectivity index is 0.00000165. The zero-order valence-electron chi connectivity index (χ0n) is 26.5. The standard InChI is InChI=1S/C33H52NO5.CH4O/c1-24(2)8-6-7-9-25-10-11-27-30(25,3)14-13-28-31(4)15-12-26(22-32(31)16-17-33(27,28)39-38-32)37-29(35)23-34(5)18-20-36-21-19-34;1-2/h6-7,16-17,24-28H,8-15,18-23H2,1-5H3;2H,1H3/q+1;/b7-6+;/t25?,26?,27?,28?,30?,31?,32-,33+;/m1./s1. The van der Waals surface area contributed by atoms with Gasteiger partial charge in [-0.2, -0.15) is 0 Å². The number of hydrogen-bond donors (Lipinski definition) is 1. The third-order valence-electron chi connectivity index (χ3n) is 12.3. The molecule has 2 saturated heterocycles. The van der Waals surface area contributed by atoms with Gasteiger partial charge in [-0.25, -0.2) is 14.6 Å². The lowest BCUT2D eigenvalue weighted by Gasteiger charge is -2.69. The maximum Gasteiger partial charge on any atom is 0.362 e. The number of nitrogens with zero attached hydrogens (tertiary/aromatic N) is 1. The fourth-order valence-corrected chi connectivity index (χ4v) is 9.78. The van der Waals surface area contributed by atoms with Gasteiger partial charge in [0.2, 0.25) is 0 Å². The Morgan fingerprint density at radius 1 is 1.02 bits per heavy atom. The molecule has 0 radical (unpaired) electrons. The highest BCUT2D eigenvalue weighted by atomic mass is 17.2. The van der Waals surface area contributed by atoms with Crippen LogP contribution in [0.3, 0.4) is 0 Å². The summed E-state index contributed by atoms with van der Waals surface area (Å²) in [5.41, 5.74) is -0.544. The minimum Gasteiger partial charge on any atom is -0.458 e. The van der Waals surface area contributed by atoms with Crippen LogP contribution in [0.2, 0.25) is 0 Å².